The van der Waals surface area contributed by atoms with Crippen LogP contribution < -0.4 is 11.3 Å². The third-order valence-corrected chi connectivity index (χ3v) is 2.22. The van der Waals surface area contributed by atoms with Gasteiger partial charge < -0.3 is 9.15 Å². The fourth-order valence-electron chi connectivity index (χ4n) is 1.36. The fourth-order valence-corrected chi connectivity index (χ4v) is 1.36. The van der Waals surface area contributed by atoms with Crippen LogP contribution in [-0.4, -0.2) is 12.0 Å². The normalized spacial score (nSPS) is 12.4. The third-order valence-electron chi connectivity index (χ3n) is 2.22. The molecule has 1 heterocycles. The number of carbonyl (C=O) groups excluding carboxylic acids is 1. The predicted octanol–water partition coefficient (Wildman–Crippen LogP) is 1.59. The molecule has 5 heteroatoms. The van der Waals surface area contributed by atoms with Gasteiger partial charge >= 0.3 is 5.91 Å². The Kier molecular flexibility index (Phi) is 5.01. The SMILES string of the molecule is CCCC(C)OCc1ccc(C(=O)NN)o1. The number of rotatable bonds is 6. The topological polar surface area (TPSA) is 77.5 Å². The number of furan rings is 1. The van der Waals surface area contributed by atoms with Gasteiger partial charge in [-0.05, 0) is 25.5 Å². The summed E-state index contributed by atoms with van der Waals surface area (Å²) in [6, 6.07) is 3.29. The molecule has 0 aliphatic carbocycles. The fraction of sp³-hybridized carbons (Fsp3) is 0.545. The van der Waals surface area contributed by atoms with Crippen LogP contribution in [-0.2, 0) is 11.3 Å². The summed E-state index contributed by atoms with van der Waals surface area (Å²) in [5.74, 6) is 5.37. The molecule has 0 fully saturated rings. The van der Waals surface area contributed by atoms with Crippen LogP contribution in [0.1, 0.15) is 43.0 Å². The average molecular weight is 226 g/mol. The van der Waals surface area contributed by atoms with Gasteiger partial charge in [-0.15, -0.1) is 0 Å². The monoisotopic (exact) mass is 226 g/mol. The maximum atomic E-state index is 11.1. The predicted molar refractivity (Wildman–Crippen MR) is 59.5 cm³/mol. The molecule has 1 aromatic heterocycles. The van der Waals surface area contributed by atoms with Gasteiger partial charge in [-0.2, -0.15) is 0 Å². The third kappa shape index (κ3) is 3.67. The Balaban J connectivity index is 2.43. The molecule has 0 spiro atoms. The molecule has 0 aromatic carbocycles. The lowest BCUT2D eigenvalue weighted by Gasteiger charge is -2.09. The lowest BCUT2D eigenvalue weighted by Crippen LogP contribution is -2.29. The minimum absolute atomic E-state index is 0.196. The van der Waals surface area contributed by atoms with E-state index in [0.29, 0.717) is 12.4 Å². The molecule has 1 unspecified atom stereocenters. The Labute approximate surface area is 94.9 Å². The molecular formula is C11H18N2O3. The molecule has 90 valence electrons. The molecule has 1 rings (SSSR count). The molecular weight excluding hydrogens is 208 g/mol. The van der Waals surface area contributed by atoms with Crippen molar-refractivity contribution in [3.63, 3.8) is 0 Å². The van der Waals surface area contributed by atoms with Crippen LogP contribution in [0.5, 0.6) is 0 Å². The number of nitrogen functional groups attached to an aromatic ring is 1. The van der Waals surface area contributed by atoms with Crippen molar-refractivity contribution < 1.29 is 13.9 Å². The van der Waals surface area contributed by atoms with Crippen molar-refractivity contribution in [2.24, 2.45) is 5.84 Å². The standard InChI is InChI=1S/C11H18N2O3/c1-3-4-8(2)15-7-9-5-6-10(16-9)11(14)13-12/h5-6,8H,3-4,7,12H2,1-2H3,(H,13,14). The van der Waals surface area contributed by atoms with Gasteiger partial charge in [-0.1, -0.05) is 13.3 Å². The highest BCUT2D eigenvalue weighted by atomic mass is 16.5. The number of nitrogens with one attached hydrogen (secondary N) is 1. The van der Waals surface area contributed by atoms with Crippen LogP contribution >= 0.6 is 0 Å². The molecule has 16 heavy (non-hydrogen) atoms. The minimum atomic E-state index is -0.437. The summed E-state index contributed by atoms with van der Waals surface area (Å²) in [6.45, 7) is 4.50. The first-order valence-corrected chi connectivity index (χ1v) is 5.38. The number of amides is 1. The largest absolute Gasteiger partial charge is 0.453 e. The van der Waals surface area contributed by atoms with E-state index in [0.717, 1.165) is 12.8 Å². The second kappa shape index (κ2) is 6.30. The van der Waals surface area contributed by atoms with Crippen LogP contribution in [0.4, 0.5) is 0 Å². The van der Waals surface area contributed by atoms with Gasteiger partial charge in [0.1, 0.15) is 12.4 Å². The summed E-state index contributed by atoms with van der Waals surface area (Å²) < 4.78 is 10.8. The molecule has 0 radical (unpaired) electrons. The summed E-state index contributed by atoms with van der Waals surface area (Å²) in [5.41, 5.74) is 2.01. The number of hydrogen-bond donors (Lipinski definition) is 2. The van der Waals surface area contributed by atoms with Crippen molar-refractivity contribution in [1.82, 2.24) is 5.43 Å². The van der Waals surface area contributed by atoms with Gasteiger partial charge in [0.25, 0.3) is 0 Å². The van der Waals surface area contributed by atoms with Gasteiger partial charge in [0.2, 0.25) is 0 Å². The smallest absolute Gasteiger partial charge is 0.300 e. The first kappa shape index (κ1) is 12.7. The van der Waals surface area contributed by atoms with Crippen molar-refractivity contribution in [2.45, 2.75) is 39.4 Å². The molecule has 0 bridgehead atoms. The molecule has 1 aromatic rings. The van der Waals surface area contributed by atoms with Gasteiger partial charge in [0.15, 0.2) is 5.76 Å². The molecule has 3 N–H and O–H groups in total. The van der Waals surface area contributed by atoms with Crippen LogP contribution in [0.25, 0.3) is 0 Å². The number of carbonyl (C=O) groups is 1. The highest BCUT2D eigenvalue weighted by Crippen LogP contribution is 2.11. The van der Waals surface area contributed by atoms with Crippen molar-refractivity contribution in [3.05, 3.63) is 23.7 Å². The zero-order chi connectivity index (χ0) is 12.0. The molecule has 0 aliphatic heterocycles. The highest BCUT2D eigenvalue weighted by Gasteiger charge is 2.10. The Bertz CT molecular complexity index is 336. The van der Waals surface area contributed by atoms with Gasteiger partial charge in [0, 0.05) is 0 Å². The van der Waals surface area contributed by atoms with Crippen LogP contribution in [0.3, 0.4) is 0 Å². The van der Waals surface area contributed by atoms with Crippen molar-refractivity contribution in [2.75, 3.05) is 0 Å². The second-order valence-electron chi connectivity index (χ2n) is 3.65. The van der Waals surface area contributed by atoms with Gasteiger partial charge in [-0.3, -0.25) is 10.2 Å². The molecule has 5 nitrogen and oxygen atoms in total. The van der Waals surface area contributed by atoms with Crippen molar-refractivity contribution in [1.29, 1.82) is 0 Å². The number of nitrogens with two attached hydrogens (primary N) is 1. The van der Waals surface area contributed by atoms with E-state index in [2.05, 4.69) is 6.92 Å². The molecule has 1 atom stereocenters. The lowest BCUT2D eigenvalue weighted by atomic mass is 10.2. The first-order chi connectivity index (χ1) is 7.67. The van der Waals surface area contributed by atoms with Gasteiger partial charge in [0.05, 0.1) is 6.10 Å². The Hall–Kier alpha value is -1.33. The Morgan fingerprint density at radius 3 is 3.00 bits per heavy atom. The summed E-state index contributed by atoms with van der Waals surface area (Å²) in [7, 11) is 0. The Morgan fingerprint density at radius 1 is 1.62 bits per heavy atom. The molecule has 0 aliphatic rings. The van der Waals surface area contributed by atoms with Crippen molar-refractivity contribution in [3.8, 4) is 0 Å². The number of hydrazine groups is 1. The zero-order valence-electron chi connectivity index (χ0n) is 9.66. The van der Waals surface area contributed by atoms with E-state index in [-0.39, 0.29) is 11.9 Å². The second-order valence-corrected chi connectivity index (χ2v) is 3.65. The van der Waals surface area contributed by atoms with E-state index in [1.54, 1.807) is 12.1 Å². The van der Waals surface area contributed by atoms with Crippen molar-refractivity contribution >= 4 is 5.91 Å². The average Bonchev–Trinajstić information content (AvgIpc) is 2.74. The van der Waals surface area contributed by atoms with E-state index in [1.807, 2.05) is 12.3 Å². The van der Waals surface area contributed by atoms with Crippen LogP contribution in [0.15, 0.2) is 16.5 Å². The summed E-state index contributed by atoms with van der Waals surface area (Å²) in [4.78, 5) is 11.1. The molecule has 0 saturated heterocycles. The van der Waals surface area contributed by atoms with Crippen LogP contribution in [0, 0.1) is 0 Å². The summed E-state index contributed by atoms with van der Waals surface area (Å²) >= 11 is 0. The lowest BCUT2D eigenvalue weighted by molar-refractivity contribution is 0.0366. The summed E-state index contributed by atoms with van der Waals surface area (Å²) in [5, 5.41) is 0. The molecule has 0 saturated carbocycles. The van der Waals surface area contributed by atoms with E-state index < -0.39 is 5.91 Å². The maximum absolute atomic E-state index is 11.1. The number of hydrogen-bond acceptors (Lipinski definition) is 4. The highest BCUT2D eigenvalue weighted by molar-refractivity contribution is 5.90. The maximum Gasteiger partial charge on any atom is 0.300 e. The van der Waals surface area contributed by atoms with Gasteiger partial charge in [-0.25, -0.2) is 5.84 Å². The van der Waals surface area contributed by atoms with E-state index >= 15 is 0 Å². The van der Waals surface area contributed by atoms with E-state index in [1.165, 1.54) is 0 Å². The Morgan fingerprint density at radius 2 is 2.38 bits per heavy atom. The molecule has 1 amide bonds. The number of ether oxygens (including phenoxy) is 1. The van der Waals surface area contributed by atoms with E-state index in [9.17, 15) is 4.79 Å². The summed E-state index contributed by atoms with van der Waals surface area (Å²) in [6.07, 6.45) is 2.29. The zero-order valence-corrected chi connectivity index (χ0v) is 9.66. The van der Waals surface area contributed by atoms with E-state index in [4.69, 9.17) is 15.0 Å². The first-order valence-electron chi connectivity index (χ1n) is 5.38. The minimum Gasteiger partial charge on any atom is -0.453 e. The quantitative estimate of drug-likeness (QED) is 0.438. The van der Waals surface area contributed by atoms with Crippen LogP contribution in [0.2, 0.25) is 0 Å².